The third kappa shape index (κ3) is 4.27. The maximum atomic E-state index is 12.5. The Kier molecular flexibility index (Phi) is 6.41. The van der Waals surface area contributed by atoms with Gasteiger partial charge in [-0.1, -0.05) is 47.1 Å². The van der Waals surface area contributed by atoms with Crippen LogP contribution in [0, 0.1) is 0 Å². The van der Waals surface area contributed by atoms with E-state index in [1.54, 1.807) is 16.3 Å². The second-order valence-electron chi connectivity index (χ2n) is 7.55. The minimum atomic E-state index is -0.992. The topological polar surface area (TPSA) is 107 Å². The molecule has 4 heterocycles. The maximum absolute atomic E-state index is 12.5. The van der Waals surface area contributed by atoms with Gasteiger partial charge < -0.3 is 23.7 Å². The molecule has 0 spiro atoms. The minimum Gasteiger partial charge on any atom is -0.467 e. The summed E-state index contributed by atoms with van der Waals surface area (Å²) in [5, 5.41) is 11.3. The van der Waals surface area contributed by atoms with Gasteiger partial charge in [-0.2, -0.15) is 0 Å². The number of fused-ring (bicyclic) bond motifs is 1. The van der Waals surface area contributed by atoms with E-state index >= 15 is 0 Å². The Labute approximate surface area is 198 Å². The fraction of sp³-hybridized carbons (Fsp3) is 0.429. The summed E-state index contributed by atoms with van der Waals surface area (Å²) in [6.07, 6.45) is -1.70. The first-order valence-corrected chi connectivity index (χ1v) is 11.5. The number of aromatic nitrogens is 4. The van der Waals surface area contributed by atoms with Gasteiger partial charge in [0.2, 0.25) is 0 Å². The van der Waals surface area contributed by atoms with Crippen molar-refractivity contribution in [2.24, 2.45) is 0 Å². The number of hydrogen-bond acceptors (Lipinski definition) is 10. The molecule has 0 aliphatic carbocycles. The number of methoxy groups -OCH3 is 2. The van der Waals surface area contributed by atoms with Gasteiger partial charge in [-0.15, -0.1) is 16.4 Å². The van der Waals surface area contributed by atoms with Crippen LogP contribution in [-0.2, 0) is 28.5 Å². The predicted octanol–water partition coefficient (Wildman–Crippen LogP) is 2.67. The second kappa shape index (κ2) is 9.45. The van der Waals surface area contributed by atoms with Crippen LogP contribution in [-0.4, -0.2) is 71.2 Å². The van der Waals surface area contributed by atoms with Crippen molar-refractivity contribution < 1.29 is 28.5 Å². The number of benzene rings is 1. The molecule has 10 nitrogen and oxygen atoms in total. The lowest BCUT2D eigenvalue weighted by Gasteiger charge is -2.48. The summed E-state index contributed by atoms with van der Waals surface area (Å²) in [6.45, 7) is 0.217. The molecule has 33 heavy (non-hydrogen) atoms. The van der Waals surface area contributed by atoms with Crippen LogP contribution in [0.2, 0.25) is 5.15 Å². The number of hydrogen-bond donors (Lipinski definition) is 0. The van der Waals surface area contributed by atoms with Crippen molar-refractivity contribution in [1.82, 2.24) is 20.0 Å². The van der Waals surface area contributed by atoms with Crippen LogP contribution in [0.25, 0.3) is 10.7 Å². The lowest BCUT2D eigenvalue weighted by molar-refractivity contribution is -0.316. The quantitative estimate of drug-likeness (QED) is 0.497. The van der Waals surface area contributed by atoms with E-state index in [0.29, 0.717) is 15.9 Å². The van der Waals surface area contributed by atoms with E-state index in [9.17, 15) is 4.79 Å². The van der Waals surface area contributed by atoms with E-state index < -0.39 is 42.7 Å². The monoisotopic (exact) mass is 492 g/mol. The van der Waals surface area contributed by atoms with Crippen molar-refractivity contribution >= 4 is 28.9 Å². The molecule has 2 aliphatic rings. The van der Waals surface area contributed by atoms with Crippen molar-refractivity contribution in [2.45, 2.75) is 36.7 Å². The summed E-state index contributed by atoms with van der Waals surface area (Å²) in [6, 6.07) is 9.05. The first-order chi connectivity index (χ1) is 16.1. The van der Waals surface area contributed by atoms with Crippen molar-refractivity contribution in [1.29, 1.82) is 0 Å². The molecule has 2 saturated heterocycles. The SMILES string of the molecule is COC(=O)[C@@H]1OC2COC(c3ccccc3)O[C@@H]2C(n2cc(-c3nc(Cl)cs3)nn2)C1OC. The van der Waals surface area contributed by atoms with E-state index in [2.05, 4.69) is 15.3 Å². The predicted molar refractivity (Wildman–Crippen MR) is 117 cm³/mol. The Morgan fingerprint density at radius 1 is 1.24 bits per heavy atom. The summed E-state index contributed by atoms with van der Waals surface area (Å²) >= 11 is 7.33. The molecule has 5 rings (SSSR count). The molecule has 0 saturated carbocycles. The third-order valence-electron chi connectivity index (χ3n) is 5.64. The van der Waals surface area contributed by atoms with E-state index in [1.807, 2.05) is 30.3 Å². The smallest absolute Gasteiger partial charge is 0.337 e. The molecule has 1 aromatic carbocycles. The number of esters is 1. The van der Waals surface area contributed by atoms with E-state index in [0.717, 1.165) is 5.56 Å². The average Bonchev–Trinajstić information content (AvgIpc) is 3.51. The third-order valence-corrected chi connectivity index (χ3v) is 6.83. The lowest BCUT2D eigenvalue weighted by atomic mass is 9.91. The summed E-state index contributed by atoms with van der Waals surface area (Å²) in [7, 11) is 2.81. The highest BCUT2D eigenvalue weighted by Gasteiger charge is 2.54. The molecule has 0 N–H and O–H groups in total. The van der Waals surface area contributed by atoms with Gasteiger partial charge in [0.25, 0.3) is 0 Å². The molecule has 174 valence electrons. The van der Waals surface area contributed by atoms with Crippen LogP contribution in [0.5, 0.6) is 0 Å². The highest BCUT2D eigenvalue weighted by Crippen LogP contribution is 2.40. The van der Waals surface area contributed by atoms with E-state index in [1.165, 1.54) is 25.6 Å². The zero-order valence-corrected chi connectivity index (χ0v) is 19.3. The Balaban J connectivity index is 1.51. The Morgan fingerprint density at radius 3 is 2.76 bits per heavy atom. The summed E-state index contributed by atoms with van der Waals surface area (Å²) in [4.78, 5) is 16.8. The highest BCUT2D eigenvalue weighted by atomic mass is 35.5. The molecular weight excluding hydrogens is 472 g/mol. The van der Waals surface area contributed by atoms with Gasteiger partial charge in [0.1, 0.15) is 40.2 Å². The lowest BCUT2D eigenvalue weighted by Crippen LogP contribution is -2.61. The second-order valence-corrected chi connectivity index (χ2v) is 8.79. The standard InChI is InChI=1S/C21H21ClN4O6S/c1-28-17-15(26-8-12(24-25-26)19-23-14(22)10-33-19)16-13(31-18(17)20(27)29-2)9-30-21(32-16)11-6-4-3-5-7-11/h3-8,10,13,15-18,21H,9H2,1-2H3/t13?,15?,16-,17?,18+,21?/m0/s1. The maximum Gasteiger partial charge on any atom is 0.337 e. The number of thiazole rings is 1. The molecule has 0 bridgehead atoms. The zero-order chi connectivity index (χ0) is 22.9. The molecule has 2 aromatic heterocycles. The molecule has 4 unspecified atom stereocenters. The molecule has 6 atom stereocenters. The normalized spacial score (nSPS) is 29.4. The van der Waals surface area contributed by atoms with Crippen LogP contribution < -0.4 is 0 Å². The molecule has 2 aliphatic heterocycles. The Morgan fingerprint density at radius 2 is 2.06 bits per heavy atom. The molecule has 0 amide bonds. The number of rotatable bonds is 5. The Bertz CT molecular complexity index is 1110. The van der Waals surface area contributed by atoms with Crippen molar-refractivity contribution in [2.75, 3.05) is 20.8 Å². The number of carbonyl (C=O) groups excluding carboxylic acids is 1. The summed E-state index contributed by atoms with van der Waals surface area (Å²) < 4.78 is 30.6. The van der Waals surface area contributed by atoms with Crippen LogP contribution in [0.4, 0.5) is 0 Å². The fourth-order valence-corrected chi connectivity index (χ4v) is 5.04. The molecule has 3 aromatic rings. The number of ether oxygens (including phenoxy) is 5. The van der Waals surface area contributed by atoms with Crippen LogP contribution >= 0.6 is 22.9 Å². The largest absolute Gasteiger partial charge is 0.467 e. The molecule has 2 fully saturated rings. The van der Waals surface area contributed by atoms with Gasteiger partial charge in [-0.25, -0.2) is 14.5 Å². The molecular formula is C21H21ClN4O6S. The molecule has 12 heteroatoms. The van der Waals surface area contributed by atoms with Gasteiger partial charge in [0.15, 0.2) is 12.4 Å². The average molecular weight is 493 g/mol. The van der Waals surface area contributed by atoms with Gasteiger partial charge in [0, 0.05) is 18.1 Å². The van der Waals surface area contributed by atoms with Crippen molar-refractivity contribution in [3.05, 3.63) is 52.6 Å². The number of nitrogens with zero attached hydrogens (tertiary/aromatic N) is 4. The van der Waals surface area contributed by atoms with Gasteiger partial charge in [-0.3, -0.25) is 0 Å². The first-order valence-electron chi connectivity index (χ1n) is 10.2. The molecule has 0 radical (unpaired) electrons. The fourth-order valence-electron chi connectivity index (χ4n) is 4.14. The Hall–Kier alpha value is -2.41. The van der Waals surface area contributed by atoms with Gasteiger partial charge in [0.05, 0.1) is 19.9 Å². The van der Waals surface area contributed by atoms with Crippen molar-refractivity contribution in [3.8, 4) is 10.7 Å². The van der Waals surface area contributed by atoms with E-state index in [-0.39, 0.29) is 6.61 Å². The number of carbonyl (C=O) groups is 1. The van der Waals surface area contributed by atoms with Crippen LogP contribution in [0.3, 0.4) is 0 Å². The number of halogens is 1. The van der Waals surface area contributed by atoms with E-state index in [4.69, 9.17) is 35.3 Å². The zero-order valence-electron chi connectivity index (χ0n) is 17.7. The van der Waals surface area contributed by atoms with Crippen molar-refractivity contribution in [3.63, 3.8) is 0 Å². The van der Waals surface area contributed by atoms with Crippen LogP contribution in [0.1, 0.15) is 17.9 Å². The first kappa shape index (κ1) is 22.4. The van der Waals surface area contributed by atoms with Gasteiger partial charge >= 0.3 is 5.97 Å². The van der Waals surface area contributed by atoms with Crippen LogP contribution in [0.15, 0.2) is 41.9 Å². The summed E-state index contributed by atoms with van der Waals surface area (Å²) in [5.74, 6) is -0.553. The highest BCUT2D eigenvalue weighted by molar-refractivity contribution is 7.13. The minimum absolute atomic E-state index is 0.217. The van der Waals surface area contributed by atoms with Gasteiger partial charge in [-0.05, 0) is 0 Å². The summed E-state index contributed by atoms with van der Waals surface area (Å²) in [5.41, 5.74) is 1.42.